The topological polar surface area (TPSA) is 51.2 Å². The van der Waals surface area contributed by atoms with E-state index in [-0.39, 0.29) is 12.5 Å². The predicted molar refractivity (Wildman–Crippen MR) is 81.2 cm³/mol. The molecule has 0 bridgehead atoms. The molecule has 1 aromatic heterocycles. The lowest BCUT2D eigenvalue weighted by Gasteiger charge is -2.11. The van der Waals surface area contributed by atoms with E-state index >= 15 is 0 Å². The lowest BCUT2D eigenvalue weighted by Crippen LogP contribution is -2.23. The lowest BCUT2D eigenvalue weighted by molar-refractivity contribution is 0.0950. The zero-order chi connectivity index (χ0) is 15.1. The first-order chi connectivity index (χ1) is 10.2. The van der Waals surface area contributed by atoms with Crippen LogP contribution >= 0.6 is 11.6 Å². The molecule has 0 unspecified atom stereocenters. The summed E-state index contributed by atoms with van der Waals surface area (Å²) in [7, 11) is 0. The van der Waals surface area contributed by atoms with Crippen LogP contribution < -0.4 is 10.1 Å². The molecule has 0 aliphatic carbocycles. The number of benzene rings is 1. The van der Waals surface area contributed by atoms with Crippen molar-refractivity contribution in [2.45, 2.75) is 6.54 Å². The lowest BCUT2D eigenvalue weighted by atomic mass is 10.2. The molecule has 2 aromatic rings. The highest BCUT2D eigenvalue weighted by molar-refractivity contribution is 6.33. The summed E-state index contributed by atoms with van der Waals surface area (Å²) < 4.78 is 5.42. The van der Waals surface area contributed by atoms with Crippen molar-refractivity contribution in [1.29, 1.82) is 0 Å². The highest BCUT2D eigenvalue weighted by Crippen LogP contribution is 2.18. The number of hydrogen-bond donors (Lipinski definition) is 1. The highest BCUT2D eigenvalue weighted by atomic mass is 35.5. The quantitative estimate of drug-likeness (QED) is 0.864. The van der Waals surface area contributed by atoms with E-state index < -0.39 is 0 Å². The molecule has 0 saturated carbocycles. The Morgan fingerprint density at radius 2 is 2.19 bits per heavy atom. The van der Waals surface area contributed by atoms with Crippen LogP contribution in [0.5, 0.6) is 5.75 Å². The molecule has 1 N–H and O–H groups in total. The molecule has 4 nitrogen and oxygen atoms in total. The van der Waals surface area contributed by atoms with E-state index in [4.69, 9.17) is 22.8 Å². The summed E-state index contributed by atoms with van der Waals surface area (Å²) in [5.74, 6) is 2.79. The van der Waals surface area contributed by atoms with Crippen molar-refractivity contribution < 1.29 is 9.53 Å². The van der Waals surface area contributed by atoms with Gasteiger partial charge < -0.3 is 10.1 Å². The zero-order valence-corrected chi connectivity index (χ0v) is 11.9. The monoisotopic (exact) mass is 300 g/mol. The third-order valence-electron chi connectivity index (χ3n) is 2.74. The first-order valence-corrected chi connectivity index (χ1v) is 6.62. The Labute approximate surface area is 128 Å². The van der Waals surface area contributed by atoms with Crippen LogP contribution in [0.15, 0.2) is 42.7 Å². The number of rotatable bonds is 5. The number of carbonyl (C=O) groups is 1. The van der Waals surface area contributed by atoms with E-state index in [1.807, 2.05) is 18.2 Å². The zero-order valence-electron chi connectivity index (χ0n) is 11.2. The van der Waals surface area contributed by atoms with Crippen molar-refractivity contribution in [2.24, 2.45) is 0 Å². The smallest absolute Gasteiger partial charge is 0.253 e. The van der Waals surface area contributed by atoms with Crippen LogP contribution in [0, 0.1) is 12.3 Å². The van der Waals surface area contributed by atoms with Gasteiger partial charge in [0.15, 0.2) is 0 Å². The summed E-state index contributed by atoms with van der Waals surface area (Å²) in [6.07, 6.45) is 8.13. The van der Waals surface area contributed by atoms with Gasteiger partial charge in [-0.2, -0.15) is 0 Å². The van der Waals surface area contributed by atoms with Crippen molar-refractivity contribution in [3.63, 3.8) is 0 Å². The van der Waals surface area contributed by atoms with Gasteiger partial charge in [0.1, 0.15) is 12.4 Å². The average Bonchev–Trinajstić information content (AvgIpc) is 2.52. The number of pyridine rings is 1. The van der Waals surface area contributed by atoms with E-state index in [1.54, 1.807) is 12.1 Å². The Hall–Kier alpha value is -2.51. The van der Waals surface area contributed by atoms with Gasteiger partial charge in [-0.15, -0.1) is 6.42 Å². The Morgan fingerprint density at radius 1 is 1.38 bits per heavy atom. The molecule has 0 aliphatic heterocycles. The number of terminal acetylenes is 1. The number of amides is 1. The summed E-state index contributed by atoms with van der Waals surface area (Å²) in [5, 5.41) is 3.10. The number of halogens is 1. The maximum absolute atomic E-state index is 12.1. The molecular weight excluding hydrogens is 288 g/mol. The van der Waals surface area contributed by atoms with Crippen molar-refractivity contribution >= 4 is 17.5 Å². The molecule has 2 rings (SSSR count). The molecule has 0 fully saturated rings. The number of ether oxygens (including phenoxy) is 1. The Kier molecular flexibility index (Phi) is 5.19. The minimum absolute atomic E-state index is 0.182. The second-order valence-corrected chi connectivity index (χ2v) is 4.55. The van der Waals surface area contributed by atoms with Gasteiger partial charge in [0.25, 0.3) is 5.91 Å². The third kappa shape index (κ3) is 3.98. The van der Waals surface area contributed by atoms with E-state index in [1.165, 1.54) is 12.4 Å². The number of hydrogen-bond acceptors (Lipinski definition) is 3. The van der Waals surface area contributed by atoms with Gasteiger partial charge in [-0.25, -0.2) is 0 Å². The van der Waals surface area contributed by atoms with E-state index in [9.17, 15) is 4.79 Å². The first-order valence-electron chi connectivity index (χ1n) is 6.24. The summed E-state index contributed by atoms with van der Waals surface area (Å²) in [6.45, 7) is 0.499. The first kappa shape index (κ1) is 14.9. The molecule has 1 aromatic carbocycles. The fraction of sp³-hybridized carbons (Fsp3) is 0.125. The second-order valence-electron chi connectivity index (χ2n) is 4.14. The van der Waals surface area contributed by atoms with Gasteiger partial charge in [0, 0.05) is 24.5 Å². The Morgan fingerprint density at radius 3 is 2.95 bits per heavy atom. The SMILES string of the molecule is C#CCOc1ccccc1CNC(=O)c1ccncc1Cl. The normalized spacial score (nSPS) is 9.71. The number of carbonyl (C=O) groups excluding carboxylic acids is 1. The maximum atomic E-state index is 12.1. The third-order valence-corrected chi connectivity index (χ3v) is 3.04. The van der Waals surface area contributed by atoms with Crippen LogP contribution in [0.1, 0.15) is 15.9 Å². The molecule has 5 heteroatoms. The molecule has 21 heavy (non-hydrogen) atoms. The van der Waals surface area contributed by atoms with E-state index in [0.29, 0.717) is 22.9 Å². The molecule has 0 radical (unpaired) electrons. The molecule has 0 atom stereocenters. The van der Waals surface area contributed by atoms with E-state index in [0.717, 1.165) is 5.56 Å². The van der Waals surface area contributed by atoms with Crippen LogP contribution in [0.3, 0.4) is 0 Å². The molecule has 0 spiro atoms. The van der Waals surface area contributed by atoms with Crippen molar-refractivity contribution in [2.75, 3.05) is 6.61 Å². The van der Waals surface area contributed by atoms with Crippen LogP contribution in [-0.4, -0.2) is 17.5 Å². The van der Waals surface area contributed by atoms with Gasteiger partial charge in [-0.3, -0.25) is 9.78 Å². The van der Waals surface area contributed by atoms with Crippen LogP contribution in [0.2, 0.25) is 5.02 Å². The largest absolute Gasteiger partial charge is 0.481 e. The van der Waals surface area contributed by atoms with Gasteiger partial charge >= 0.3 is 0 Å². The molecule has 0 saturated heterocycles. The second kappa shape index (κ2) is 7.32. The summed E-state index contributed by atoms with van der Waals surface area (Å²) in [6, 6.07) is 8.94. The minimum atomic E-state index is -0.269. The maximum Gasteiger partial charge on any atom is 0.253 e. The summed E-state index contributed by atoms with van der Waals surface area (Å²) in [5.41, 5.74) is 1.22. The van der Waals surface area contributed by atoms with Gasteiger partial charge in [0.2, 0.25) is 0 Å². The molecule has 1 heterocycles. The average molecular weight is 301 g/mol. The summed E-state index contributed by atoms with van der Waals surface area (Å²) >= 11 is 5.93. The molecule has 0 aliphatic rings. The number of para-hydroxylation sites is 1. The predicted octanol–water partition coefficient (Wildman–Crippen LogP) is 2.68. The van der Waals surface area contributed by atoms with Gasteiger partial charge in [0.05, 0.1) is 10.6 Å². The Bertz CT molecular complexity index is 680. The van der Waals surface area contributed by atoms with Gasteiger partial charge in [-0.1, -0.05) is 35.7 Å². The molecule has 1 amide bonds. The Balaban J connectivity index is 2.05. The molecule has 106 valence electrons. The summed E-state index contributed by atoms with van der Waals surface area (Å²) in [4.78, 5) is 15.9. The number of nitrogens with zero attached hydrogens (tertiary/aromatic N) is 1. The molecular formula is C16H13ClN2O2. The fourth-order valence-corrected chi connectivity index (χ4v) is 1.95. The van der Waals surface area contributed by atoms with Crippen LogP contribution in [0.4, 0.5) is 0 Å². The van der Waals surface area contributed by atoms with Crippen molar-refractivity contribution in [3.8, 4) is 18.1 Å². The number of nitrogens with one attached hydrogen (secondary N) is 1. The standard InChI is InChI=1S/C16H13ClN2O2/c1-2-9-21-15-6-4-3-5-12(15)10-19-16(20)13-7-8-18-11-14(13)17/h1,3-8,11H,9-10H2,(H,19,20). The van der Waals surface area contributed by atoms with E-state index in [2.05, 4.69) is 16.2 Å². The van der Waals surface area contributed by atoms with Crippen LogP contribution in [0.25, 0.3) is 0 Å². The van der Waals surface area contributed by atoms with Crippen molar-refractivity contribution in [1.82, 2.24) is 10.3 Å². The minimum Gasteiger partial charge on any atom is -0.481 e. The fourth-order valence-electron chi connectivity index (χ4n) is 1.74. The van der Waals surface area contributed by atoms with Crippen molar-refractivity contribution in [3.05, 3.63) is 58.9 Å². The number of aromatic nitrogens is 1. The highest BCUT2D eigenvalue weighted by Gasteiger charge is 2.10. The van der Waals surface area contributed by atoms with Crippen LogP contribution in [-0.2, 0) is 6.54 Å². The van der Waals surface area contributed by atoms with Gasteiger partial charge in [-0.05, 0) is 12.1 Å².